The number of rotatable bonds is 4. The van der Waals surface area contributed by atoms with Gasteiger partial charge < -0.3 is 4.90 Å². The Bertz CT molecular complexity index is 996. The van der Waals surface area contributed by atoms with E-state index in [0.717, 1.165) is 18.0 Å². The third-order valence-corrected chi connectivity index (χ3v) is 7.23. The number of carbonyl (C=O) groups excluding carboxylic acids is 1. The molecule has 2 aliphatic heterocycles. The van der Waals surface area contributed by atoms with Crippen molar-refractivity contribution in [2.75, 3.05) is 18.0 Å². The van der Waals surface area contributed by atoms with Crippen molar-refractivity contribution >= 4 is 62.4 Å². The maximum absolute atomic E-state index is 12.6. The highest BCUT2D eigenvalue weighted by molar-refractivity contribution is 8.26. The second-order valence-corrected chi connectivity index (χ2v) is 9.05. The number of fused-ring (bicyclic) bond motifs is 3. The summed E-state index contributed by atoms with van der Waals surface area (Å²) in [5.74, 6) is 0.0257. The maximum Gasteiger partial charge on any atom is 0.266 e. The molecule has 1 amide bonds. The fourth-order valence-electron chi connectivity index (χ4n) is 3.36. The van der Waals surface area contributed by atoms with E-state index in [1.165, 1.54) is 33.1 Å². The van der Waals surface area contributed by atoms with Crippen LogP contribution >= 0.6 is 35.7 Å². The van der Waals surface area contributed by atoms with Gasteiger partial charge >= 0.3 is 0 Å². The van der Waals surface area contributed by atoms with Crippen LogP contribution < -0.4 is 4.90 Å². The molecule has 0 radical (unpaired) electrons. The molecule has 1 saturated heterocycles. The fourth-order valence-corrected chi connectivity index (χ4v) is 5.87. The summed E-state index contributed by atoms with van der Waals surface area (Å²) in [5.41, 5.74) is 1.24. The lowest BCUT2D eigenvalue weighted by atomic mass is 10.1. The molecule has 0 aliphatic carbocycles. The van der Waals surface area contributed by atoms with Gasteiger partial charge in [-0.15, -0.1) is 0 Å². The summed E-state index contributed by atoms with van der Waals surface area (Å²) in [5, 5.41) is 3.67. The van der Waals surface area contributed by atoms with E-state index in [-0.39, 0.29) is 5.91 Å². The Labute approximate surface area is 173 Å². The molecule has 1 fully saturated rings. The van der Waals surface area contributed by atoms with Crippen LogP contribution in [0.2, 0.25) is 0 Å². The molecule has 0 bridgehead atoms. The van der Waals surface area contributed by atoms with Gasteiger partial charge in [-0.25, -0.2) is 0 Å². The molecule has 0 atom stereocenters. The van der Waals surface area contributed by atoms with Gasteiger partial charge in [-0.05, 0) is 42.3 Å². The largest absolute Gasteiger partial charge is 0.335 e. The minimum Gasteiger partial charge on any atom is -0.335 e. The lowest BCUT2D eigenvalue weighted by Crippen LogP contribution is -2.28. The molecule has 2 aromatic rings. The van der Waals surface area contributed by atoms with Crippen LogP contribution in [-0.4, -0.2) is 28.2 Å². The van der Waals surface area contributed by atoms with E-state index in [0.29, 0.717) is 15.8 Å². The predicted octanol–water partition coefficient (Wildman–Crippen LogP) is 5.77. The second-order valence-electron chi connectivity index (χ2n) is 6.34. The first-order valence-electron chi connectivity index (χ1n) is 9.06. The molecular weight excluding hydrogens is 392 g/mol. The van der Waals surface area contributed by atoms with E-state index >= 15 is 0 Å². The van der Waals surface area contributed by atoms with Crippen molar-refractivity contribution in [1.82, 2.24) is 4.90 Å². The number of anilines is 1. The molecule has 0 aromatic heterocycles. The van der Waals surface area contributed by atoms with Crippen molar-refractivity contribution in [2.45, 2.75) is 25.2 Å². The average Bonchev–Trinajstić information content (AvgIpc) is 3.18. The van der Waals surface area contributed by atoms with E-state index in [4.69, 9.17) is 12.2 Å². The zero-order chi connectivity index (χ0) is 19.0. The Morgan fingerprint density at radius 3 is 2.63 bits per heavy atom. The van der Waals surface area contributed by atoms with Gasteiger partial charge in [0.2, 0.25) is 0 Å². The topological polar surface area (TPSA) is 23.6 Å². The number of hydrogen-bond acceptors (Lipinski definition) is 5. The van der Waals surface area contributed by atoms with E-state index in [1.54, 1.807) is 16.7 Å². The number of amides is 1. The molecule has 0 saturated carbocycles. The minimum atomic E-state index is 0.0257. The van der Waals surface area contributed by atoms with E-state index in [1.807, 2.05) is 6.08 Å². The van der Waals surface area contributed by atoms with Crippen LogP contribution in [0.1, 0.15) is 20.3 Å². The second kappa shape index (κ2) is 7.70. The van der Waals surface area contributed by atoms with Crippen LogP contribution in [0, 0.1) is 0 Å². The van der Waals surface area contributed by atoms with Crippen molar-refractivity contribution in [3.8, 4) is 0 Å². The summed E-state index contributed by atoms with van der Waals surface area (Å²) < 4.78 is 0.659. The van der Waals surface area contributed by atoms with Crippen molar-refractivity contribution in [2.24, 2.45) is 0 Å². The third kappa shape index (κ3) is 3.30. The summed E-state index contributed by atoms with van der Waals surface area (Å²) >= 11 is 8.52. The van der Waals surface area contributed by atoms with Gasteiger partial charge in [-0.1, -0.05) is 73.0 Å². The normalized spacial score (nSPS) is 19.8. The predicted molar refractivity (Wildman–Crippen MR) is 121 cm³/mol. The molecule has 3 nitrogen and oxygen atoms in total. The van der Waals surface area contributed by atoms with Crippen LogP contribution in [0.4, 0.5) is 5.69 Å². The number of thiocarbonyl (C=S) groups is 1. The Morgan fingerprint density at radius 1 is 1.04 bits per heavy atom. The number of thioether (sulfide) groups is 2. The fraction of sp³-hybridized carbons (Fsp3) is 0.238. The molecule has 2 aliphatic rings. The monoisotopic (exact) mass is 412 g/mol. The molecule has 2 aromatic carbocycles. The molecule has 6 heteroatoms. The van der Waals surface area contributed by atoms with Crippen molar-refractivity contribution in [3.63, 3.8) is 0 Å². The van der Waals surface area contributed by atoms with Crippen molar-refractivity contribution in [1.29, 1.82) is 0 Å². The third-order valence-electron chi connectivity index (χ3n) is 4.64. The summed E-state index contributed by atoms with van der Waals surface area (Å²) in [6, 6.07) is 12.8. The van der Waals surface area contributed by atoms with Gasteiger partial charge in [0, 0.05) is 18.0 Å². The van der Waals surface area contributed by atoms with Crippen LogP contribution in [0.15, 0.2) is 63.4 Å². The average molecular weight is 413 g/mol. The smallest absolute Gasteiger partial charge is 0.266 e. The van der Waals surface area contributed by atoms with E-state index in [2.05, 4.69) is 61.2 Å². The van der Waals surface area contributed by atoms with Crippen LogP contribution in [-0.2, 0) is 4.79 Å². The molecule has 27 heavy (non-hydrogen) atoms. The Kier molecular flexibility index (Phi) is 5.30. The summed E-state index contributed by atoms with van der Waals surface area (Å²) in [6.07, 6.45) is 4.89. The molecule has 138 valence electrons. The number of carbonyl (C=O) groups is 1. The first-order chi connectivity index (χ1) is 13.1. The highest BCUT2D eigenvalue weighted by Gasteiger charge is 2.31. The van der Waals surface area contributed by atoms with Gasteiger partial charge in [-0.3, -0.25) is 9.69 Å². The number of nitrogens with zero attached hydrogens (tertiary/aromatic N) is 2. The molecule has 0 N–H and O–H groups in total. The quantitative estimate of drug-likeness (QED) is 0.469. The maximum atomic E-state index is 12.6. The molecule has 2 heterocycles. The molecule has 0 unspecified atom stereocenters. The Balaban J connectivity index is 1.67. The Hall–Kier alpha value is -1.76. The van der Waals surface area contributed by atoms with Crippen LogP contribution in [0.3, 0.4) is 0 Å². The highest BCUT2D eigenvalue weighted by atomic mass is 32.2. The van der Waals surface area contributed by atoms with Gasteiger partial charge in [0.25, 0.3) is 5.91 Å². The minimum absolute atomic E-state index is 0.0257. The van der Waals surface area contributed by atoms with Crippen LogP contribution in [0.25, 0.3) is 10.8 Å². The zero-order valence-corrected chi connectivity index (χ0v) is 17.7. The van der Waals surface area contributed by atoms with Gasteiger partial charge in [0.1, 0.15) is 4.32 Å². The molecule has 0 spiro atoms. The first-order valence-corrected chi connectivity index (χ1v) is 11.1. The Morgan fingerprint density at radius 2 is 1.85 bits per heavy atom. The zero-order valence-electron chi connectivity index (χ0n) is 15.3. The van der Waals surface area contributed by atoms with Gasteiger partial charge in [-0.2, -0.15) is 0 Å². The molecule has 4 rings (SSSR count). The summed E-state index contributed by atoms with van der Waals surface area (Å²) in [4.78, 5) is 18.5. The van der Waals surface area contributed by atoms with Gasteiger partial charge in [0.05, 0.1) is 15.6 Å². The summed E-state index contributed by atoms with van der Waals surface area (Å²) in [6.45, 7) is 5.78. The summed E-state index contributed by atoms with van der Waals surface area (Å²) in [7, 11) is 0. The van der Waals surface area contributed by atoms with Crippen LogP contribution in [0.5, 0.6) is 0 Å². The van der Waals surface area contributed by atoms with E-state index < -0.39 is 0 Å². The number of allylic oxidation sites excluding steroid dienone is 2. The highest BCUT2D eigenvalue weighted by Crippen LogP contribution is 2.49. The number of benzene rings is 2. The van der Waals surface area contributed by atoms with Crippen molar-refractivity contribution in [3.05, 3.63) is 58.5 Å². The van der Waals surface area contributed by atoms with E-state index in [9.17, 15) is 4.79 Å². The molecular formula is C21H20N2OS3. The van der Waals surface area contributed by atoms with Crippen molar-refractivity contribution < 1.29 is 4.79 Å². The SMILES string of the molecule is CCCN1C(=O)/C(=C/C=C2\Sc3c(ccc4ccccc34)N2CC)SC1=S. The lowest BCUT2D eigenvalue weighted by molar-refractivity contribution is -0.122. The first kappa shape index (κ1) is 18.6. The lowest BCUT2D eigenvalue weighted by Gasteiger charge is -2.17. The standard InChI is InChI=1S/C21H20N2OS3/c1-3-13-23-20(24)17(26-21(23)25)11-12-18-22(4-2)16-10-9-14-7-5-6-8-15(14)19(16)27-18/h5-12H,3-4,13H2,1-2H3/b17-11-,18-12-. The number of hydrogen-bond donors (Lipinski definition) is 0. The van der Waals surface area contributed by atoms with Gasteiger partial charge in [0.15, 0.2) is 0 Å².